The highest BCUT2D eigenvalue weighted by Crippen LogP contribution is 2.23. The quantitative estimate of drug-likeness (QED) is 0.630. The Labute approximate surface area is 126 Å². The van der Waals surface area contributed by atoms with Crippen LogP contribution in [-0.4, -0.2) is 20.4 Å². The summed E-state index contributed by atoms with van der Waals surface area (Å²) in [5.74, 6) is 1.58. The predicted molar refractivity (Wildman–Crippen MR) is 85.8 cm³/mol. The maximum absolute atomic E-state index is 5.88. The number of imidazole rings is 1. The molecular weight excluding hydrogens is 278 g/mol. The van der Waals surface area contributed by atoms with Gasteiger partial charge in [0.25, 0.3) is 0 Å². The maximum atomic E-state index is 5.88. The zero-order valence-corrected chi connectivity index (χ0v) is 11.8. The Kier molecular flexibility index (Phi) is 3.72. The number of H-pyrrole nitrogens is 1. The molecule has 0 fully saturated rings. The van der Waals surface area contributed by atoms with E-state index in [0.29, 0.717) is 6.61 Å². The highest BCUT2D eigenvalue weighted by atomic mass is 16.5. The smallest absolute Gasteiger partial charge is 0.146 e. The lowest BCUT2D eigenvalue weighted by molar-refractivity contribution is 0.300. The second-order valence-electron chi connectivity index (χ2n) is 4.82. The van der Waals surface area contributed by atoms with Gasteiger partial charge in [0.2, 0.25) is 0 Å². The Morgan fingerprint density at radius 2 is 1.82 bits per heavy atom. The molecule has 5 nitrogen and oxygen atoms in total. The molecule has 2 heterocycles. The number of fused-ring (bicyclic) bond motifs is 2. The first kappa shape index (κ1) is 14.0. The molecule has 2 aromatic heterocycles. The monoisotopic (exact) mass is 293 g/mol. The average Bonchev–Trinajstić information content (AvgIpc) is 2.96. The van der Waals surface area contributed by atoms with Gasteiger partial charge in [0.05, 0.1) is 11.0 Å². The molecule has 0 aliphatic rings. The van der Waals surface area contributed by atoms with E-state index in [4.69, 9.17) is 4.74 Å². The van der Waals surface area contributed by atoms with Crippen LogP contribution in [0.2, 0.25) is 0 Å². The van der Waals surface area contributed by atoms with Gasteiger partial charge < -0.3 is 15.2 Å². The molecule has 0 bridgehead atoms. The van der Waals surface area contributed by atoms with Crippen molar-refractivity contribution in [2.75, 3.05) is 0 Å². The molecule has 3 N–H and O–H groups in total. The molecule has 4 aromatic rings. The summed E-state index contributed by atoms with van der Waals surface area (Å²) >= 11 is 0. The van der Waals surface area contributed by atoms with Crippen molar-refractivity contribution in [1.29, 1.82) is 0 Å². The molecule has 22 heavy (non-hydrogen) atoms. The molecule has 0 saturated carbocycles. The summed E-state index contributed by atoms with van der Waals surface area (Å²) in [6.45, 7) is 0.393. The van der Waals surface area contributed by atoms with Gasteiger partial charge in [-0.2, -0.15) is 0 Å². The van der Waals surface area contributed by atoms with Gasteiger partial charge in [0.15, 0.2) is 0 Å². The number of benzene rings is 2. The van der Waals surface area contributed by atoms with Gasteiger partial charge in [-0.1, -0.05) is 30.3 Å². The van der Waals surface area contributed by atoms with Gasteiger partial charge in [-0.25, -0.2) is 4.98 Å². The number of aromatic amines is 1. The van der Waals surface area contributed by atoms with E-state index < -0.39 is 0 Å². The highest BCUT2D eigenvalue weighted by Gasteiger charge is 2.06. The number of rotatable bonds is 3. The van der Waals surface area contributed by atoms with Gasteiger partial charge in [-0.05, 0) is 24.3 Å². The number of ether oxygens (including phenoxy) is 1. The molecule has 0 unspecified atom stereocenters. The van der Waals surface area contributed by atoms with Crippen molar-refractivity contribution in [2.24, 2.45) is 0 Å². The standard InChI is InChI=1S/C17H13N3O.H2O/c1-2-8-14-13(7-1)19-16(20-14)11-21-15-9-3-5-12-6-4-10-18-17(12)15;/h1-10H,11H2,(H,19,20);1H2. The SMILES string of the molecule is O.c1cnc2c(OCc3nc4ccccc4[nH]3)cccc2c1. The topological polar surface area (TPSA) is 82.3 Å². The van der Waals surface area contributed by atoms with Gasteiger partial charge in [0, 0.05) is 11.6 Å². The van der Waals surface area contributed by atoms with E-state index in [1.165, 1.54) is 0 Å². The molecular formula is C17H15N3O2. The van der Waals surface area contributed by atoms with Crippen molar-refractivity contribution in [3.05, 3.63) is 66.6 Å². The minimum absolute atomic E-state index is 0. The molecule has 0 atom stereocenters. The fourth-order valence-electron chi connectivity index (χ4n) is 2.41. The van der Waals surface area contributed by atoms with E-state index in [0.717, 1.165) is 33.5 Å². The molecule has 0 spiro atoms. The third kappa shape index (κ3) is 2.49. The summed E-state index contributed by atoms with van der Waals surface area (Å²) in [5, 5.41) is 1.07. The summed E-state index contributed by atoms with van der Waals surface area (Å²) < 4.78 is 5.88. The first-order valence-electron chi connectivity index (χ1n) is 6.80. The van der Waals surface area contributed by atoms with Crippen LogP contribution in [0.1, 0.15) is 5.82 Å². The van der Waals surface area contributed by atoms with E-state index in [9.17, 15) is 0 Å². The number of para-hydroxylation sites is 3. The van der Waals surface area contributed by atoms with Gasteiger partial charge in [-0.15, -0.1) is 0 Å². The van der Waals surface area contributed by atoms with Gasteiger partial charge >= 0.3 is 0 Å². The molecule has 0 radical (unpaired) electrons. The van der Waals surface area contributed by atoms with Gasteiger partial charge in [-0.3, -0.25) is 4.98 Å². The van der Waals surface area contributed by atoms with Crippen LogP contribution in [0, 0.1) is 0 Å². The largest absolute Gasteiger partial charge is 0.483 e. The van der Waals surface area contributed by atoms with Crippen molar-refractivity contribution in [3.63, 3.8) is 0 Å². The van der Waals surface area contributed by atoms with Crippen LogP contribution in [0.3, 0.4) is 0 Å². The lowest BCUT2D eigenvalue weighted by atomic mass is 10.2. The Bertz CT molecular complexity index is 879. The number of hydrogen-bond donors (Lipinski definition) is 1. The second kappa shape index (κ2) is 5.83. The zero-order valence-electron chi connectivity index (χ0n) is 11.8. The van der Waals surface area contributed by atoms with E-state index >= 15 is 0 Å². The van der Waals surface area contributed by atoms with Crippen LogP contribution >= 0.6 is 0 Å². The summed E-state index contributed by atoms with van der Waals surface area (Å²) in [6.07, 6.45) is 1.77. The highest BCUT2D eigenvalue weighted by molar-refractivity contribution is 5.84. The second-order valence-corrected chi connectivity index (χ2v) is 4.82. The van der Waals surface area contributed by atoms with E-state index in [1.54, 1.807) is 6.20 Å². The van der Waals surface area contributed by atoms with Gasteiger partial charge in [0.1, 0.15) is 23.7 Å². The van der Waals surface area contributed by atoms with E-state index in [1.807, 2.05) is 54.6 Å². The Morgan fingerprint density at radius 3 is 2.73 bits per heavy atom. The third-order valence-corrected chi connectivity index (χ3v) is 3.40. The Balaban J connectivity index is 0.00000144. The molecule has 0 aliphatic heterocycles. The Morgan fingerprint density at radius 1 is 0.955 bits per heavy atom. The summed E-state index contributed by atoms with van der Waals surface area (Å²) in [7, 11) is 0. The summed E-state index contributed by atoms with van der Waals surface area (Å²) in [6, 6.07) is 17.8. The average molecular weight is 293 g/mol. The van der Waals surface area contributed by atoms with Crippen molar-refractivity contribution in [1.82, 2.24) is 15.0 Å². The number of pyridine rings is 1. The number of aromatic nitrogens is 3. The van der Waals surface area contributed by atoms with Crippen LogP contribution in [0.5, 0.6) is 5.75 Å². The van der Waals surface area contributed by atoms with Crippen molar-refractivity contribution in [2.45, 2.75) is 6.61 Å². The molecule has 0 amide bonds. The maximum Gasteiger partial charge on any atom is 0.146 e. The number of hydrogen-bond acceptors (Lipinski definition) is 3. The normalized spacial score (nSPS) is 10.5. The lowest BCUT2D eigenvalue weighted by Crippen LogP contribution is -1.98. The van der Waals surface area contributed by atoms with Crippen molar-refractivity contribution >= 4 is 21.9 Å². The third-order valence-electron chi connectivity index (χ3n) is 3.40. The Hall–Kier alpha value is -2.92. The van der Waals surface area contributed by atoms with Crippen LogP contribution in [0.4, 0.5) is 0 Å². The van der Waals surface area contributed by atoms with Crippen LogP contribution in [0.25, 0.3) is 21.9 Å². The fraction of sp³-hybridized carbons (Fsp3) is 0.0588. The van der Waals surface area contributed by atoms with E-state index in [-0.39, 0.29) is 5.48 Å². The minimum atomic E-state index is 0. The molecule has 0 aliphatic carbocycles. The molecule has 4 rings (SSSR count). The summed E-state index contributed by atoms with van der Waals surface area (Å²) in [5.41, 5.74) is 2.84. The molecule has 5 heteroatoms. The number of nitrogens with zero attached hydrogens (tertiary/aromatic N) is 2. The number of nitrogens with one attached hydrogen (secondary N) is 1. The first-order valence-corrected chi connectivity index (χ1v) is 6.80. The molecule has 110 valence electrons. The van der Waals surface area contributed by atoms with Crippen LogP contribution in [0.15, 0.2) is 60.8 Å². The minimum Gasteiger partial charge on any atom is -0.483 e. The first-order chi connectivity index (χ1) is 10.4. The zero-order chi connectivity index (χ0) is 14.1. The summed E-state index contributed by atoms with van der Waals surface area (Å²) in [4.78, 5) is 12.1. The fourth-order valence-corrected chi connectivity index (χ4v) is 2.41. The van der Waals surface area contributed by atoms with Crippen LogP contribution in [-0.2, 0) is 6.61 Å². The lowest BCUT2D eigenvalue weighted by Gasteiger charge is -2.06. The molecule has 2 aromatic carbocycles. The van der Waals surface area contributed by atoms with E-state index in [2.05, 4.69) is 15.0 Å². The van der Waals surface area contributed by atoms with Crippen molar-refractivity contribution in [3.8, 4) is 5.75 Å². The molecule has 0 saturated heterocycles. The predicted octanol–water partition coefficient (Wildman–Crippen LogP) is 2.87. The van der Waals surface area contributed by atoms with Crippen LogP contribution < -0.4 is 4.74 Å². The van der Waals surface area contributed by atoms with Crippen molar-refractivity contribution < 1.29 is 10.2 Å².